The van der Waals surface area contributed by atoms with E-state index in [4.69, 9.17) is 0 Å². The van der Waals surface area contributed by atoms with Gasteiger partial charge in [0, 0.05) is 8.95 Å². The molecule has 3 rings (SSSR count). The van der Waals surface area contributed by atoms with Crippen LogP contribution in [0.15, 0.2) is 68.3 Å². The molecule has 1 N–H and O–H groups in total. The minimum atomic E-state index is -3.41. The first-order valence-corrected chi connectivity index (χ1v) is 9.60. The maximum atomic E-state index is 12.1. The fraction of sp³-hybridized carbons (Fsp3) is 0. The van der Waals surface area contributed by atoms with Gasteiger partial charge in [-0.05, 0) is 35.4 Å². The van der Waals surface area contributed by atoms with Crippen LogP contribution in [-0.2, 0) is 9.84 Å². The number of nitrogens with one attached hydrogen (secondary N) is 1. The highest BCUT2D eigenvalue weighted by Gasteiger charge is 2.18. The van der Waals surface area contributed by atoms with Crippen LogP contribution < -0.4 is 5.32 Å². The number of sulfone groups is 1. The molecular formula is C16H11Br2NO2S. The van der Waals surface area contributed by atoms with Gasteiger partial charge in [0.2, 0.25) is 0 Å². The smallest absolute Gasteiger partial charge is 0.197 e. The minimum Gasteiger partial charge on any atom is -0.353 e. The van der Waals surface area contributed by atoms with Crippen molar-refractivity contribution in [1.82, 2.24) is 5.32 Å². The van der Waals surface area contributed by atoms with E-state index in [1.54, 1.807) is 0 Å². The Labute approximate surface area is 145 Å². The molecule has 0 bridgehead atoms. The zero-order valence-electron chi connectivity index (χ0n) is 11.3. The Balaban J connectivity index is 2.00. The van der Waals surface area contributed by atoms with Gasteiger partial charge in [-0.3, -0.25) is 0 Å². The number of benzene rings is 2. The third kappa shape index (κ3) is 3.51. The summed E-state index contributed by atoms with van der Waals surface area (Å²) in [7, 11) is -3.41. The Morgan fingerprint density at radius 3 is 1.41 bits per heavy atom. The maximum absolute atomic E-state index is 12.1. The molecule has 1 heterocycles. The van der Waals surface area contributed by atoms with Gasteiger partial charge < -0.3 is 5.32 Å². The highest BCUT2D eigenvalue weighted by atomic mass is 79.9. The molecule has 0 aliphatic carbocycles. The van der Waals surface area contributed by atoms with E-state index in [1.807, 2.05) is 48.5 Å². The average molecular weight is 441 g/mol. The highest BCUT2D eigenvalue weighted by molar-refractivity contribution is 9.10. The van der Waals surface area contributed by atoms with Gasteiger partial charge in [0.05, 0.1) is 22.2 Å². The molecule has 3 nitrogen and oxygen atoms in total. The van der Waals surface area contributed by atoms with Crippen molar-refractivity contribution in [3.8, 4) is 0 Å². The fourth-order valence-electron chi connectivity index (χ4n) is 2.11. The lowest BCUT2D eigenvalue weighted by Crippen LogP contribution is -2.17. The third-order valence-electron chi connectivity index (χ3n) is 3.14. The van der Waals surface area contributed by atoms with E-state index in [9.17, 15) is 8.42 Å². The molecule has 0 fully saturated rings. The van der Waals surface area contributed by atoms with Crippen molar-refractivity contribution < 1.29 is 8.42 Å². The molecule has 0 spiro atoms. The van der Waals surface area contributed by atoms with E-state index in [1.165, 1.54) is 10.8 Å². The average Bonchev–Trinajstić information content (AvgIpc) is 2.47. The van der Waals surface area contributed by atoms with E-state index in [2.05, 4.69) is 37.2 Å². The first-order valence-electron chi connectivity index (χ1n) is 6.40. The Bertz CT molecular complexity index is 800. The minimum absolute atomic E-state index is 0.563. The fourth-order valence-corrected chi connectivity index (χ4v) is 3.75. The molecule has 0 saturated heterocycles. The largest absolute Gasteiger partial charge is 0.353 e. The molecule has 0 aromatic heterocycles. The van der Waals surface area contributed by atoms with Crippen LogP contribution in [0.25, 0.3) is 11.4 Å². The Morgan fingerprint density at radius 2 is 1.05 bits per heavy atom. The molecule has 0 saturated carbocycles. The number of hydrogen-bond acceptors (Lipinski definition) is 3. The summed E-state index contributed by atoms with van der Waals surface area (Å²) in [5.74, 6) is 0. The van der Waals surface area contributed by atoms with Gasteiger partial charge >= 0.3 is 0 Å². The van der Waals surface area contributed by atoms with Crippen LogP contribution in [0.5, 0.6) is 0 Å². The van der Waals surface area contributed by atoms with Gasteiger partial charge in [-0.1, -0.05) is 56.1 Å². The van der Waals surface area contributed by atoms with Crippen LogP contribution in [0.3, 0.4) is 0 Å². The summed E-state index contributed by atoms with van der Waals surface area (Å²) in [6.07, 6.45) is 0. The van der Waals surface area contributed by atoms with Gasteiger partial charge in [0.15, 0.2) is 9.84 Å². The molecule has 0 amide bonds. The summed E-state index contributed by atoms with van der Waals surface area (Å²) in [6.45, 7) is 0. The van der Waals surface area contributed by atoms with E-state index >= 15 is 0 Å². The van der Waals surface area contributed by atoms with Crippen LogP contribution >= 0.6 is 31.9 Å². The first-order chi connectivity index (χ1) is 10.4. The summed E-state index contributed by atoms with van der Waals surface area (Å²) in [4.78, 5) is 0. The van der Waals surface area contributed by atoms with Gasteiger partial charge in [-0.25, -0.2) is 8.42 Å². The third-order valence-corrected chi connectivity index (χ3v) is 5.33. The maximum Gasteiger partial charge on any atom is 0.197 e. The Kier molecular flexibility index (Phi) is 4.25. The zero-order chi connectivity index (χ0) is 15.7. The molecular weight excluding hydrogens is 430 g/mol. The molecule has 0 radical (unpaired) electrons. The van der Waals surface area contributed by atoms with Crippen molar-refractivity contribution in [3.05, 3.63) is 79.4 Å². The van der Waals surface area contributed by atoms with Crippen LogP contribution in [0.2, 0.25) is 0 Å². The molecule has 1 aliphatic heterocycles. The first kappa shape index (κ1) is 15.5. The Morgan fingerprint density at radius 1 is 0.682 bits per heavy atom. The molecule has 22 heavy (non-hydrogen) atoms. The molecule has 6 heteroatoms. The predicted molar refractivity (Wildman–Crippen MR) is 96.3 cm³/mol. The van der Waals surface area contributed by atoms with Crippen molar-refractivity contribution in [1.29, 1.82) is 0 Å². The van der Waals surface area contributed by atoms with Crippen LogP contribution in [0.1, 0.15) is 11.1 Å². The van der Waals surface area contributed by atoms with E-state index < -0.39 is 9.84 Å². The molecule has 2 aromatic carbocycles. The molecule has 0 atom stereocenters. The monoisotopic (exact) mass is 439 g/mol. The van der Waals surface area contributed by atoms with Gasteiger partial charge in [0.25, 0.3) is 0 Å². The number of hydrogen-bond donors (Lipinski definition) is 1. The highest BCUT2D eigenvalue weighted by Crippen LogP contribution is 2.27. The Hall–Kier alpha value is -1.37. The topological polar surface area (TPSA) is 46.2 Å². The molecule has 1 aliphatic rings. The number of halogens is 2. The second-order valence-corrected chi connectivity index (χ2v) is 8.27. The van der Waals surface area contributed by atoms with Crippen molar-refractivity contribution in [2.24, 2.45) is 0 Å². The molecule has 2 aromatic rings. The van der Waals surface area contributed by atoms with Gasteiger partial charge in [-0.15, -0.1) is 0 Å². The van der Waals surface area contributed by atoms with Crippen LogP contribution in [0.4, 0.5) is 0 Å². The van der Waals surface area contributed by atoms with Crippen LogP contribution in [-0.4, -0.2) is 8.42 Å². The van der Waals surface area contributed by atoms with Gasteiger partial charge in [-0.2, -0.15) is 0 Å². The van der Waals surface area contributed by atoms with Crippen molar-refractivity contribution in [2.75, 3.05) is 0 Å². The van der Waals surface area contributed by atoms with E-state index in [0.29, 0.717) is 11.4 Å². The summed E-state index contributed by atoms with van der Waals surface area (Å²) >= 11 is 6.75. The summed E-state index contributed by atoms with van der Waals surface area (Å²) < 4.78 is 26.2. The predicted octanol–water partition coefficient (Wildman–Crippen LogP) is 4.53. The van der Waals surface area contributed by atoms with Crippen molar-refractivity contribution in [3.63, 3.8) is 0 Å². The molecule has 112 valence electrons. The SMILES string of the molecule is O=S1(=O)C=C(c2ccc(Br)cc2)NC(c2ccc(Br)cc2)=C1. The van der Waals surface area contributed by atoms with E-state index in [0.717, 1.165) is 20.1 Å². The zero-order valence-corrected chi connectivity index (χ0v) is 15.2. The summed E-state index contributed by atoms with van der Waals surface area (Å²) in [6, 6.07) is 15.0. The molecule has 0 unspecified atom stereocenters. The standard InChI is InChI=1S/C16H11Br2NO2S/c17-13-5-1-11(2-6-13)15-9-22(20,21)10-16(19-15)12-3-7-14(18)8-4-12/h1-10,19H. The second-order valence-electron chi connectivity index (χ2n) is 4.79. The number of rotatable bonds is 2. The summed E-state index contributed by atoms with van der Waals surface area (Å²) in [5.41, 5.74) is 2.75. The quantitative estimate of drug-likeness (QED) is 0.746. The van der Waals surface area contributed by atoms with Crippen LogP contribution in [0, 0.1) is 0 Å². The second kappa shape index (κ2) is 6.02. The lowest BCUT2D eigenvalue weighted by Gasteiger charge is -2.18. The lowest BCUT2D eigenvalue weighted by atomic mass is 10.1. The van der Waals surface area contributed by atoms with E-state index in [-0.39, 0.29) is 0 Å². The van der Waals surface area contributed by atoms with Gasteiger partial charge in [0.1, 0.15) is 0 Å². The normalized spacial score (nSPS) is 16.5. The van der Waals surface area contributed by atoms with Crippen molar-refractivity contribution in [2.45, 2.75) is 0 Å². The summed E-state index contributed by atoms with van der Waals surface area (Å²) in [5, 5.41) is 5.69. The lowest BCUT2D eigenvalue weighted by molar-refractivity contribution is 0.612. The van der Waals surface area contributed by atoms with Crippen molar-refractivity contribution >= 4 is 53.1 Å².